The van der Waals surface area contributed by atoms with E-state index in [1.54, 1.807) is 0 Å². The highest BCUT2D eigenvalue weighted by Crippen LogP contribution is 2.39. The minimum absolute atomic E-state index is 0.0805. The van der Waals surface area contributed by atoms with Crippen LogP contribution in [-0.4, -0.2) is 36.0 Å². The first-order chi connectivity index (χ1) is 8.53. The highest BCUT2D eigenvalue weighted by atomic mass is 16.2. The molecule has 1 unspecified atom stereocenters. The van der Waals surface area contributed by atoms with Crippen molar-refractivity contribution in [1.29, 1.82) is 0 Å². The van der Waals surface area contributed by atoms with E-state index in [0.717, 1.165) is 25.9 Å². The maximum Gasteiger partial charge on any atom is 0.228 e. The first kappa shape index (κ1) is 13.9. The molecule has 2 rings (SSSR count). The standard InChI is InChI=1S/C15H28N2O/c1-12(2)17(11-13-7-6-10-16-13)14(18)15(3)8-4-5-9-15/h12-13,16H,4-11H2,1-3H3. The van der Waals surface area contributed by atoms with Crippen molar-refractivity contribution in [3.05, 3.63) is 0 Å². The fourth-order valence-electron chi connectivity index (χ4n) is 3.39. The van der Waals surface area contributed by atoms with Gasteiger partial charge in [0.25, 0.3) is 0 Å². The van der Waals surface area contributed by atoms with E-state index in [2.05, 4.69) is 31.0 Å². The average Bonchev–Trinajstić information content (AvgIpc) is 2.96. The van der Waals surface area contributed by atoms with Gasteiger partial charge in [-0.2, -0.15) is 0 Å². The summed E-state index contributed by atoms with van der Waals surface area (Å²) in [5.74, 6) is 0.392. The van der Waals surface area contributed by atoms with Gasteiger partial charge in [0.05, 0.1) is 0 Å². The molecule has 1 saturated heterocycles. The number of nitrogens with one attached hydrogen (secondary N) is 1. The lowest BCUT2D eigenvalue weighted by molar-refractivity contribution is -0.143. The smallest absolute Gasteiger partial charge is 0.228 e. The summed E-state index contributed by atoms with van der Waals surface area (Å²) in [5.41, 5.74) is -0.0805. The molecule has 0 spiro atoms. The molecule has 3 heteroatoms. The molecule has 0 aromatic heterocycles. The van der Waals surface area contributed by atoms with Gasteiger partial charge in [0.1, 0.15) is 0 Å². The van der Waals surface area contributed by atoms with E-state index in [4.69, 9.17) is 0 Å². The summed E-state index contributed by atoms with van der Waals surface area (Å²) in [6.45, 7) is 8.46. The SMILES string of the molecule is CC(C)N(CC1CCCN1)C(=O)C1(C)CCCC1. The molecule has 3 nitrogen and oxygen atoms in total. The van der Waals surface area contributed by atoms with Crippen LogP contribution in [0.5, 0.6) is 0 Å². The molecule has 0 aromatic rings. The molecule has 1 aliphatic carbocycles. The second kappa shape index (κ2) is 5.60. The quantitative estimate of drug-likeness (QED) is 0.834. The van der Waals surface area contributed by atoms with Crippen LogP contribution in [0.1, 0.15) is 59.3 Å². The van der Waals surface area contributed by atoms with E-state index >= 15 is 0 Å². The van der Waals surface area contributed by atoms with Gasteiger partial charge in [0, 0.05) is 24.0 Å². The molecule has 1 amide bonds. The number of hydrogen-bond donors (Lipinski definition) is 1. The fraction of sp³-hybridized carbons (Fsp3) is 0.933. The van der Waals surface area contributed by atoms with Gasteiger partial charge >= 0.3 is 0 Å². The molecule has 1 N–H and O–H groups in total. The largest absolute Gasteiger partial charge is 0.338 e. The number of nitrogens with zero attached hydrogens (tertiary/aromatic N) is 1. The van der Waals surface area contributed by atoms with Crippen LogP contribution in [0, 0.1) is 5.41 Å². The van der Waals surface area contributed by atoms with Crippen LogP contribution in [0.2, 0.25) is 0 Å². The molecule has 1 atom stereocenters. The van der Waals surface area contributed by atoms with Crippen molar-refractivity contribution in [3.8, 4) is 0 Å². The lowest BCUT2D eigenvalue weighted by Gasteiger charge is -2.36. The third-order valence-corrected chi connectivity index (χ3v) is 4.69. The molecule has 1 aliphatic heterocycles. The molecule has 1 heterocycles. The molecule has 2 fully saturated rings. The Labute approximate surface area is 111 Å². The Kier molecular flexibility index (Phi) is 4.31. The van der Waals surface area contributed by atoms with Crippen molar-refractivity contribution in [1.82, 2.24) is 10.2 Å². The Bertz CT molecular complexity index is 289. The zero-order valence-corrected chi connectivity index (χ0v) is 12.2. The Morgan fingerprint density at radius 1 is 1.33 bits per heavy atom. The third kappa shape index (κ3) is 2.87. The van der Waals surface area contributed by atoms with Crippen LogP contribution < -0.4 is 5.32 Å². The van der Waals surface area contributed by atoms with Gasteiger partial charge in [-0.1, -0.05) is 19.8 Å². The zero-order valence-electron chi connectivity index (χ0n) is 12.2. The summed E-state index contributed by atoms with van der Waals surface area (Å²) in [6.07, 6.45) is 7.06. The molecule has 18 heavy (non-hydrogen) atoms. The monoisotopic (exact) mass is 252 g/mol. The molecule has 0 radical (unpaired) electrons. The van der Waals surface area contributed by atoms with Crippen LogP contribution >= 0.6 is 0 Å². The number of carbonyl (C=O) groups is 1. The van der Waals surface area contributed by atoms with Crippen LogP contribution in [0.25, 0.3) is 0 Å². The van der Waals surface area contributed by atoms with E-state index in [-0.39, 0.29) is 5.41 Å². The normalized spacial score (nSPS) is 26.8. The summed E-state index contributed by atoms with van der Waals surface area (Å²) >= 11 is 0. The number of amides is 1. The minimum Gasteiger partial charge on any atom is -0.338 e. The topological polar surface area (TPSA) is 32.3 Å². The maximum atomic E-state index is 12.8. The van der Waals surface area contributed by atoms with Crippen molar-refractivity contribution < 1.29 is 4.79 Å². The highest BCUT2D eigenvalue weighted by molar-refractivity contribution is 5.83. The number of hydrogen-bond acceptors (Lipinski definition) is 2. The second-order valence-corrected chi connectivity index (χ2v) is 6.61. The third-order valence-electron chi connectivity index (χ3n) is 4.69. The summed E-state index contributed by atoms with van der Waals surface area (Å²) in [6, 6.07) is 0.832. The first-order valence-electron chi connectivity index (χ1n) is 7.57. The maximum absolute atomic E-state index is 12.8. The van der Waals surface area contributed by atoms with E-state index in [0.29, 0.717) is 18.0 Å². The average molecular weight is 252 g/mol. The van der Waals surface area contributed by atoms with Gasteiger partial charge in [0.15, 0.2) is 0 Å². The van der Waals surface area contributed by atoms with Crippen molar-refractivity contribution in [2.75, 3.05) is 13.1 Å². The van der Waals surface area contributed by atoms with Crippen LogP contribution in [0.4, 0.5) is 0 Å². The molecule has 1 saturated carbocycles. The molecular formula is C15H28N2O. The van der Waals surface area contributed by atoms with Gasteiger partial charge in [-0.15, -0.1) is 0 Å². The Morgan fingerprint density at radius 3 is 2.50 bits per heavy atom. The Morgan fingerprint density at radius 2 is 2.00 bits per heavy atom. The van der Waals surface area contributed by atoms with Crippen LogP contribution in [0.3, 0.4) is 0 Å². The van der Waals surface area contributed by atoms with Crippen LogP contribution in [-0.2, 0) is 4.79 Å². The van der Waals surface area contributed by atoms with Gasteiger partial charge in [0.2, 0.25) is 5.91 Å². The zero-order chi connectivity index (χ0) is 13.2. The predicted molar refractivity (Wildman–Crippen MR) is 74.4 cm³/mol. The Hall–Kier alpha value is -0.570. The molecule has 0 bridgehead atoms. The lowest BCUT2D eigenvalue weighted by Crippen LogP contribution is -2.49. The molecule has 104 valence electrons. The highest BCUT2D eigenvalue weighted by Gasteiger charge is 2.40. The Balaban J connectivity index is 2.01. The van der Waals surface area contributed by atoms with E-state index in [9.17, 15) is 4.79 Å². The number of rotatable bonds is 4. The van der Waals surface area contributed by atoms with E-state index < -0.39 is 0 Å². The van der Waals surface area contributed by atoms with Crippen molar-refractivity contribution in [2.45, 2.75) is 71.4 Å². The first-order valence-corrected chi connectivity index (χ1v) is 7.57. The van der Waals surface area contributed by atoms with Gasteiger partial charge in [-0.25, -0.2) is 0 Å². The fourth-order valence-corrected chi connectivity index (χ4v) is 3.39. The van der Waals surface area contributed by atoms with Crippen molar-refractivity contribution >= 4 is 5.91 Å². The number of carbonyl (C=O) groups excluding carboxylic acids is 1. The van der Waals surface area contributed by atoms with Crippen molar-refractivity contribution in [3.63, 3.8) is 0 Å². The molecular weight excluding hydrogens is 224 g/mol. The minimum atomic E-state index is -0.0805. The van der Waals surface area contributed by atoms with E-state index in [1.165, 1.54) is 25.7 Å². The summed E-state index contributed by atoms with van der Waals surface area (Å²) in [4.78, 5) is 14.9. The van der Waals surface area contributed by atoms with Crippen molar-refractivity contribution in [2.24, 2.45) is 5.41 Å². The molecule has 2 aliphatic rings. The van der Waals surface area contributed by atoms with Gasteiger partial charge in [-0.3, -0.25) is 4.79 Å². The summed E-state index contributed by atoms with van der Waals surface area (Å²) in [7, 11) is 0. The van der Waals surface area contributed by atoms with Crippen LogP contribution in [0.15, 0.2) is 0 Å². The lowest BCUT2D eigenvalue weighted by atomic mass is 9.86. The second-order valence-electron chi connectivity index (χ2n) is 6.61. The van der Waals surface area contributed by atoms with Gasteiger partial charge in [-0.05, 0) is 46.1 Å². The van der Waals surface area contributed by atoms with E-state index in [1.807, 2.05) is 0 Å². The summed E-state index contributed by atoms with van der Waals surface area (Å²) < 4.78 is 0. The summed E-state index contributed by atoms with van der Waals surface area (Å²) in [5, 5.41) is 3.51. The molecule has 0 aromatic carbocycles. The predicted octanol–water partition coefficient (Wildman–Crippen LogP) is 2.56. The van der Waals surface area contributed by atoms with Gasteiger partial charge < -0.3 is 10.2 Å².